The van der Waals surface area contributed by atoms with Gasteiger partial charge in [-0.15, -0.1) is 0 Å². The number of hydrogen-bond donors (Lipinski definition) is 0. The fourth-order valence-corrected chi connectivity index (χ4v) is 6.22. The smallest absolute Gasteiger partial charge is 0.00939 e. The minimum atomic E-state index is 0.00982. The third kappa shape index (κ3) is 6.84. The predicted octanol–water partition coefficient (Wildman–Crippen LogP) is 13.5. The summed E-state index contributed by atoms with van der Waals surface area (Å²) in [7, 11) is 0. The molecule has 0 aliphatic rings. The van der Waals surface area contributed by atoms with Gasteiger partial charge >= 0.3 is 0 Å². The Morgan fingerprint density at radius 2 is 0.698 bits per heavy atom. The Morgan fingerprint density at radius 1 is 0.372 bits per heavy atom. The molecule has 0 aromatic heterocycles. The first-order valence-corrected chi connectivity index (χ1v) is 17.3. The molecule has 0 saturated heterocycles. The molecule has 0 N–H and O–H groups in total. The number of benzene rings is 3. The molecule has 0 nitrogen and oxygen atoms in total. The van der Waals surface area contributed by atoms with Crippen LogP contribution in [0.5, 0.6) is 0 Å². The van der Waals surface area contributed by atoms with Crippen molar-refractivity contribution in [3.8, 4) is 22.3 Å². The van der Waals surface area contributed by atoms with Crippen LogP contribution in [0.4, 0.5) is 0 Å². The molecule has 0 bridgehead atoms. The van der Waals surface area contributed by atoms with Crippen LogP contribution in [0.3, 0.4) is 0 Å². The molecule has 0 unspecified atom stereocenters. The van der Waals surface area contributed by atoms with Crippen molar-refractivity contribution in [1.82, 2.24) is 0 Å². The van der Waals surface area contributed by atoms with Crippen molar-refractivity contribution < 1.29 is 0 Å². The summed E-state index contributed by atoms with van der Waals surface area (Å²) >= 11 is 0. The van der Waals surface area contributed by atoms with E-state index in [1.807, 2.05) is 0 Å². The van der Waals surface area contributed by atoms with E-state index in [9.17, 15) is 0 Å². The average molecular weight is 581 g/mol. The minimum absolute atomic E-state index is 0.00982. The van der Waals surface area contributed by atoms with Crippen molar-refractivity contribution in [1.29, 1.82) is 0 Å². The van der Waals surface area contributed by atoms with Gasteiger partial charge in [0.1, 0.15) is 0 Å². The van der Waals surface area contributed by atoms with E-state index in [0.29, 0.717) is 0 Å². The van der Waals surface area contributed by atoms with Crippen molar-refractivity contribution in [2.75, 3.05) is 0 Å². The Hall–Kier alpha value is -2.34. The Labute approximate surface area is 267 Å². The zero-order valence-corrected chi connectivity index (χ0v) is 30.7. The molecule has 0 heterocycles. The summed E-state index contributed by atoms with van der Waals surface area (Å²) in [5.74, 6) is 0. The highest BCUT2D eigenvalue weighted by Gasteiger charge is 2.33. The van der Waals surface area contributed by atoms with Crippen LogP contribution in [0.1, 0.15) is 164 Å². The largest absolute Gasteiger partial charge is 0.0646 e. The van der Waals surface area contributed by atoms with E-state index >= 15 is 0 Å². The molecule has 0 fully saturated rings. The molecule has 0 atom stereocenters. The summed E-state index contributed by atoms with van der Waals surface area (Å²) in [6.07, 6.45) is 5.54. The van der Waals surface area contributed by atoms with Crippen LogP contribution in [0.25, 0.3) is 22.3 Å². The molecular weight excluding hydrogens is 516 g/mol. The van der Waals surface area contributed by atoms with Crippen molar-refractivity contribution in [2.24, 2.45) is 0 Å². The Bertz CT molecular complexity index is 1310. The molecule has 0 spiro atoms. The van der Waals surface area contributed by atoms with Gasteiger partial charge in [-0.2, -0.15) is 0 Å². The first kappa shape index (κ1) is 35.1. The molecule has 3 rings (SSSR count). The molecule has 236 valence electrons. The van der Waals surface area contributed by atoms with Gasteiger partial charge < -0.3 is 0 Å². The lowest BCUT2D eigenvalue weighted by atomic mass is 9.68. The SMILES string of the molecule is CCC(C)(C)c1ccc(-c2cccc(-c3ccc(C(C)(C)CC)cc3C(C)(C)CC)c2C(C)(C)CC)c(C(C)(C)CC)c1. The lowest BCUT2D eigenvalue weighted by Crippen LogP contribution is -2.24. The lowest BCUT2D eigenvalue weighted by molar-refractivity contribution is 0.488. The van der Waals surface area contributed by atoms with Crippen LogP contribution in [0.15, 0.2) is 54.6 Å². The molecule has 0 amide bonds. The highest BCUT2D eigenvalue weighted by atomic mass is 14.4. The maximum Gasteiger partial charge on any atom is -0.00939 e. The van der Waals surface area contributed by atoms with Gasteiger partial charge in [0.2, 0.25) is 0 Å². The summed E-state index contributed by atoms with van der Waals surface area (Å²) < 4.78 is 0. The monoisotopic (exact) mass is 581 g/mol. The molecule has 3 aromatic rings. The molecule has 0 heteroatoms. The van der Waals surface area contributed by atoms with Crippen molar-refractivity contribution in [3.63, 3.8) is 0 Å². The Kier molecular flexibility index (Phi) is 10.3. The van der Waals surface area contributed by atoms with E-state index in [4.69, 9.17) is 0 Å². The topological polar surface area (TPSA) is 0 Å². The van der Waals surface area contributed by atoms with E-state index in [2.05, 4.69) is 158 Å². The van der Waals surface area contributed by atoms with E-state index in [-0.39, 0.29) is 27.1 Å². The van der Waals surface area contributed by atoms with Crippen LogP contribution in [-0.2, 0) is 27.1 Å². The molecular formula is C43H64. The van der Waals surface area contributed by atoms with Crippen LogP contribution < -0.4 is 0 Å². The maximum atomic E-state index is 2.55. The zero-order valence-electron chi connectivity index (χ0n) is 30.7. The lowest BCUT2D eigenvalue weighted by Gasteiger charge is -2.36. The second kappa shape index (κ2) is 12.6. The standard InChI is InChI=1S/C43H64/c1-16-39(6,7)30-24-26-32(36(28-30)41(10,11)18-3)34-22-21-23-35(38(34)43(14,15)20-5)33-27-25-31(40(8,9)17-2)29-37(33)42(12,13)19-4/h21-29H,16-20H2,1-15H3. The summed E-state index contributed by atoms with van der Waals surface area (Å²) in [5, 5.41) is 0. The molecule has 0 saturated carbocycles. The first-order valence-electron chi connectivity index (χ1n) is 17.3. The summed E-state index contributed by atoms with van der Waals surface area (Å²) in [6.45, 7) is 35.8. The van der Waals surface area contributed by atoms with Crippen molar-refractivity contribution in [3.05, 3.63) is 82.4 Å². The third-order valence-corrected chi connectivity index (χ3v) is 11.8. The molecule has 0 aliphatic carbocycles. The van der Waals surface area contributed by atoms with Gasteiger partial charge in [0.05, 0.1) is 0 Å². The zero-order chi connectivity index (χ0) is 32.6. The molecule has 43 heavy (non-hydrogen) atoms. The van der Waals surface area contributed by atoms with Crippen LogP contribution in [-0.4, -0.2) is 0 Å². The second-order valence-corrected chi connectivity index (χ2v) is 16.4. The van der Waals surface area contributed by atoms with Gasteiger partial charge in [-0.3, -0.25) is 0 Å². The Morgan fingerprint density at radius 3 is 1.00 bits per heavy atom. The first-order chi connectivity index (χ1) is 19.8. The van der Waals surface area contributed by atoms with Crippen molar-refractivity contribution >= 4 is 0 Å². The van der Waals surface area contributed by atoms with E-state index < -0.39 is 0 Å². The van der Waals surface area contributed by atoms with Crippen LogP contribution >= 0.6 is 0 Å². The van der Waals surface area contributed by atoms with Gasteiger partial charge in [-0.05, 0) is 109 Å². The summed E-state index contributed by atoms with van der Waals surface area (Å²) in [4.78, 5) is 0. The highest BCUT2D eigenvalue weighted by Crippen LogP contribution is 2.48. The van der Waals surface area contributed by atoms with E-state index in [0.717, 1.165) is 32.1 Å². The Balaban J connectivity index is 2.51. The quantitative estimate of drug-likeness (QED) is 0.200. The third-order valence-electron chi connectivity index (χ3n) is 11.8. The van der Waals surface area contributed by atoms with Crippen LogP contribution in [0, 0.1) is 0 Å². The van der Waals surface area contributed by atoms with Gasteiger partial charge in [0.15, 0.2) is 0 Å². The molecule has 0 aliphatic heterocycles. The maximum absolute atomic E-state index is 2.55. The van der Waals surface area contributed by atoms with Crippen molar-refractivity contribution in [2.45, 2.75) is 163 Å². The van der Waals surface area contributed by atoms with Crippen LogP contribution in [0.2, 0.25) is 0 Å². The predicted molar refractivity (Wildman–Crippen MR) is 194 cm³/mol. The highest BCUT2D eigenvalue weighted by molar-refractivity contribution is 5.84. The minimum Gasteiger partial charge on any atom is -0.0646 e. The van der Waals surface area contributed by atoms with Gasteiger partial charge in [0.25, 0.3) is 0 Å². The molecule has 3 aromatic carbocycles. The summed E-state index contributed by atoms with van der Waals surface area (Å²) in [6, 6.07) is 22.0. The number of hydrogen-bond acceptors (Lipinski definition) is 0. The van der Waals surface area contributed by atoms with E-state index in [1.54, 1.807) is 0 Å². The fraction of sp³-hybridized carbons (Fsp3) is 0.581. The summed E-state index contributed by atoms with van der Waals surface area (Å²) in [5.41, 5.74) is 13.4. The second-order valence-electron chi connectivity index (χ2n) is 16.4. The van der Waals surface area contributed by atoms with Gasteiger partial charge in [-0.25, -0.2) is 0 Å². The normalized spacial score (nSPS) is 13.5. The molecule has 0 radical (unpaired) electrons. The fourth-order valence-electron chi connectivity index (χ4n) is 6.22. The average Bonchev–Trinajstić information content (AvgIpc) is 2.99. The number of rotatable bonds is 12. The van der Waals surface area contributed by atoms with Gasteiger partial charge in [-0.1, -0.05) is 158 Å². The van der Waals surface area contributed by atoms with E-state index in [1.165, 1.54) is 50.1 Å². The van der Waals surface area contributed by atoms with Gasteiger partial charge in [0, 0.05) is 0 Å².